The molecule has 0 amide bonds. The van der Waals surface area contributed by atoms with E-state index in [9.17, 15) is 35.7 Å². The second-order valence-corrected chi connectivity index (χ2v) is 16.6. The van der Waals surface area contributed by atoms with Gasteiger partial charge in [0.1, 0.15) is 71.4 Å². The first kappa shape index (κ1) is 39.7. The summed E-state index contributed by atoms with van der Waals surface area (Å²) >= 11 is 0. The molecule has 308 valence electrons. The van der Waals surface area contributed by atoms with Gasteiger partial charge < -0.3 is 50.8 Å². The predicted octanol–water partition coefficient (Wildman–Crippen LogP) is 2.15. The number of nitrogen functional groups attached to an aromatic ring is 2. The monoisotopic (exact) mass is 800 g/mol. The van der Waals surface area contributed by atoms with Crippen molar-refractivity contribution in [3.05, 3.63) is 48.3 Å². The zero-order valence-electron chi connectivity index (χ0n) is 32.2. The number of nitrogens with zero attached hydrogens (tertiary/aromatic N) is 8. The van der Waals surface area contributed by atoms with Gasteiger partial charge >= 0.3 is 6.16 Å². The Bertz CT molecular complexity index is 2140. The third-order valence-electron chi connectivity index (χ3n) is 13.3. The largest absolute Gasteiger partial charge is 0.509 e. The van der Waals surface area contributed by atoms with Crippen LogP contribution in [0.15, 0.2) is 36.9 Å². The molecule has 4 unspecified atom stereocenters. The highest BCUT2D eigenvalue weighted by Gasteiger charge is 2.60. The zero-order valence-corrected chi connectivity index (χ0v) is 32.2. The molecule has 0 radical (unpaired) electrons. The zero-order chi connectivity index (χ0) is 41.2. The molecule has 0 spiro atoms. The molecule has 2 saturated carbocycles. The van der Waals surface area contributed by atoms with Crippen LogP contribution in [-0.4, -0.2) is 104 Å². The Hall–Kier alpha value is -5.15. The first-order valence-corrected chi connectivity index (χ1v) is 19.7. The van der Waals surface area contributed by atoms with Gasteiger partial charge in [0.05, 0.1) is 23.6 Å². The van der Waals surface area contributed by atoms with Gasteiger partial charge in [-0.05, 0) is 89.5 Å². The molecule has 19 heteroatoms. The summed E-state index contributed by atoms with van der Waals surface area (Å²) in [7, 11) is 0. The first-order valence-electron chi connectivity index (χ1n) is 19.7. The molecule has 4 fully saturated rings. The van der Waals surface area contributed by atoms with E-state index >= 15 is 0 Å². The molecule has 12 atom stereocenters. The maximum absolute atomic E-state index is 13.9. The van der Waals surface area contributed by atoms with E-state index in [1.807, 2.05) is 13.8 Å². The van der Waals surface area contributed by atoms with Gasteiger partial charge in [-0.3, -0.25) is 0 Å². The van der Waals surface area contributed by atoms with Crippen molar-refractivity contribution in [2.45, 2.75) is 137 Å². The lowest BCUT2D eigenvalue weighted by Crippen LogP contribution is -2.48. The number of aromatic nitrogens is 6. The lowest BCUT2D eigenvalue weighted by molar-refractivity contribution is -0.140. The van der Waals surface area contributed by atoms with Gasteiger partial charge in [-0.25, -0.2) is 23.8 Å². The van der Waals surface area contributed by atoms with Crippen LogP contribution in [0, 0.1) is 34.5 Å². The standard InChI is InChI=1S/C39H48N10O9/c1-36(13-5-3-7-21(36)15-25-29(50)31(52)38(17-40,55-25)27-11-9-23-33(42)44-19-46-48(23)27)57-35(54)58-37(2)14-6-4-8-22(37)16-26-30(51)32(53)39(18-41,56-26)28-12-10-24-34(43)45-20-47-49(24)28/h9-12,19-22,25-26,29-32,50-53H,3-8,13-16H2,1-2H3,(H2,42,44,46)(H2,43,45,47)/t21?,22?,25-,26-,29-,30-,31-,32-,36?,37?,38+,39+/m1/s1. The molecule has 2 aliphatic heterocycles. The van der Waals surface area contributed by atoms with Gasteiger partial charge in [0.25, 0.3) is 0 Å². The number of rotatable bonds is 8. The van der Waals surface area contributed by atoms with Crippen molar-refractivity contribution >= 4 is 28.8 Å². The van der Waals surface area contributed by atoms with E-state index in [0.29, 0.717) is 36.7 Å². The Morgan fingerprint density at radius 3 is 1.57 bits per heavy atom. The topological polar surface area (TPSA) is 295 Å². The fraction of sp³-hybridized carbons (Fsp3) is 0.615. The summed E-state index contributed by atoms with van der Waals surface area (Å²) in [6.45, 7) is 3.65. The van der Waals surface area contributed by atoms with E-state index in [1.165, 1.54) is 21.7 Å². The molecular weight excluding hydrogens is 752 g/mol. The molecule has 0 aromatic carbocycles. The average molecular weight is 801 g/mol. The Balaban J connectivity index is 0.969. The Morgan fingerprint density at radius 1 is 0.759 bits per heavy atom. The number of nitrogens with two attached hydrogens (primary N) is 2. The van der Waals surface area contributed by atoms with Crippen LogP contribution in [0.5, 0.6) is 0 Å². The van der Waals surface area contributed by atoms with Crippen molar-refractivity contribution < 1.29 is 44.2 Å². The number of hydrogen-bond acceptors (Lipinski definition) is 17. The number of anilines is 2. The van der Waals surface area contributed by atoms with Gasteiger partial charge in [0, 0.05) is 11.8 Å². The Labute approximate surface area is 333 Å². The van der Waals surface area contributed by atoms with Crippen molar-refractivity contribution in [1.29, 1.82) is 10.5 Å². The van der Waals surface area contributed by atoms with Crippen LogP contribution in [-0.2, 0) is 30.1 Å². The normalized spacial score (nSPS) is 37.7. The molecule has 2 saturated heterocycles. The summed E-state index contributed by atoms with van der Waals surface area (Å²) in [5, 5.41) is 74.6. The van der Waals surface area contributed by atoms with Gasteiger partial charge in [-0.2, -0.15) is 20.7 Å². The van der Waals surface area contributed by atoms with E-state index in [2.05, 4.69) is 32.3 Å². The van der Waals surface area contributed by atoms with Crippen molar-refractivity contribution in [2.24, 2.45) is 11.8 Å². The maximum atomic E-state index is 13.9. The molecule has 4 aliphatic rings. The highest BCUT2D eigenvalue weighted by Crippen LogP contribution is 2.49. The maximum Gasteiger partial charge on any atom is 0.509 e. The number of carbonyl (C=O) groups excluding carboxylic acids is 1. The highest BCUT2D eigenvalue weighted by molar-refractivity contribution is 5.67. The molecule has 2 aliphatic carbocycles. The molecule has 4 aromatic rings. The van der Waals surface area contributed by atoms with Crippen LogP contribution in [0.3, 0.4) is 0 Å². The number of fused-ring (bicyclic) bond motifs is 2. The minimum Gasteiger partial charge on any atom is -0.428 e. The van der Waals surface area contributed by atoms with E-state index in [0.717, 1.165) is 25.7 Å². The molecule has 6 heterocycles. The summed E-state index contributed by atoms with van der Waals surface area (Å²) in [5.41, 5.74) is 7.19. The fourth-order valence-electron chi connectivity index (χ4n) is 9.93. The minimum absolute atomic E-state index is 0.168. The highest BCUT2D eigenvalue weighted by atomic mass is 16.7. The van der Waals surface area contributed by atoms with Crippen LogP contribution in [0.2, 0.25) is 0 Å². The lowest BCUT2D eigenvalue weighted by Gasteiger charge is -2.44. The Morgan fingerprint density at radius 2 is 1.17 bits per heavy atom. The summed E-state index contributed by atoms with van der Waals surface area (Å²) in [4.78, 5) is 21.8. The summed E-state index contributed by atoms with van der Waals surface area (Å²) in [5.74, 6) is -0.328. The quantitative estimate of drug-likeness (QED) is 0.139. The summed E-state index contributed by atoms with van der Waals surface area (Å²) in [6, 6.07) is 10.5. The van der Waals surface area contributed by atoms with Gasteiger partial charge in [-0.1, -0.05) is 12.8 Å². The first-order chi connectivity index (χ1) is 27.7. The third-order valence-corrected chi connectivity index (χ3v) is 13.3. The number of aliphatic hydroxyl groups is 4. The third kappa shape index (κ3) is 6.19. The van der Waals surface area contributed by atoms with Crippen molar-refractivity contribution in [2.75, 3.05) is 11.5 Å². The second kappa shape index (κ2) is 14.6. The number of hydrogen-bond donors (Lipinski definition) is 6. The molecule has 4 aromatic heterocycles. The smallest absolute Gasteiger partial charge is 0.428 e. The summed E-state index contributed by atoms with van der Waals surface area (Å²) in [6.07, 6.45) is -0.788. The lowest BCUT2D eigenvalue weighted by atomic mass is 9.73. The number of ether oxygens (including phenoxy) is 4. The summed E-state index contributed by atoms with van der Waals surface area (Å²) < 4.78 is 27.7. The van der Waals surface area contributed by atoms with Crippen LogP contribution < -0.4 is 11.5 Å². The van der Waals surface area contributed by atoms with Crippen LogP contribution in [0.1, 0.15) is 89.4 Å². The van der Waals surface area contributed by atoms with Crippen molar-refractivity contribution in [3.63, 3.8) is 0 Å². The fourth-order valence-corrected chi connectivity index (χ4v) is 9.93. The average Bonchev–Trinajstić information content (AvgIpc) is 3.95. The van der Waals surface area contributed by atoms with E-state index in [-0.39, 0.29) is 47.7 Å². The minimum atomic E-state index is -1.97. The van der Waals surface area contributed by atoms with E-state index in [4.69, 9.17) is 30.4 Å². The van der Waals surface area contributed by atoms with Crippen molar-refractivity contribution in [1.82, 2.24) is 29.2 Å². The van der Waals surface area contributed by atoms with Crippen LogP contribution >= 0.6 is 0 Å². The molecule has 8 rings (SSSR count). The Kier molecular flexibility index (Phi) is 9.98. The number of aliphatic hydroxyl groups excluding tert-OH is 4. The van der Waals surface area contributed by atoms with Gasteiger partial charge in [-0.15, -0.1) is 0 Å². The van der Waals surface area contributed by atoms with Crippen LogP contribution in [0.25, 0.3) is 11.0 Å². The van der Waals surface area contributed by atoms with Crippen LogP contribution in [0.4, 0.5) is 16.4 Å². The molecule has 8 N–H and O–H groups in total. The van der Waals surface area contributed by atoms with Gasteiger partial charge in [0.2, 0.25) is 11.2 Å². The number of nitriles is 2. The van der Waals surface area contributed by atoms with Gasteiger partial charge in [0.15, 0.2) is 11.6 Å². The number of carbonyl (C=O) groups is 1. The van der Waals surface area contributed by atoms with Crippen molar-refractivity contribution in [3.8, 4) is 12.1 Å². The molecular formula is C39H48N10O9. The second-order valence-electron chi connectivity index (χ2n) is 16.6. The predicted molar refractivity (Wildman–Crippen MR) is 201 cm³/mol. The van der Waals surface area contributed by atoms with E-state index < -0.39 is 65.2 Å². The molecule has 0 bridgehead atoms. The molecule has 19 nitrogen and oxygen atoms in total. The van der Waals surface area contributed by atoms with E-state index in [1.54, 1.807) is 24.3 Å². The SMILES string of the molecule is CC1(OC(=O)OC2(C)CCCCC2C[C@H]2O[C@@](C#N)(c3ccc4c(N)ncnn34)[C@H](O)[C@@H]2O)CCCCC1C[C@H]1O[C@@](C#N)(c2ccc3c(N)ncnn23)[C@H](O)[C@@H]1O. The molecule has 58 heavy (non-hydrogen) atoms.